The van der Waals surface area contributed by atoms with Crippen LogP contribution in [0.25, 0.3) is 0 Å². The zero-order valence-electron chi connectivity index (χ0n) is 13.9. The summed E-state index contributed by atoms with van der Waals surface area (Å²) < 4.78 is 25.9. The molecule has 4 N–H and O–H groups in total. The minimum Gasteiger partial charge on any atom is -0.456 e. The van der Waals surface area contributed by atoms with E-state index in [1.54, 1.807) is 20.8 Å². The summed E-state index contributed by atoms with van der Waals surface area (Å²) in [6.07, 6.45) is -2.13. The summed E-state index contributed by atoms with van der Waals surface area (Å²) in [5.74, 6) is -1.06. The number of hydrogen-bond acceptors (Lipinski definition) is 6. The van der Waals surface area contributed by atoms with Crippen LogP contribution in [0.15, 0.2) is 12.3 Å². The van der Waals surface area contributed by atoms with Gasteiger partial charge in [0.15, 0.2) is 18.5 Å². The van der Waals surface area contributed by atoms with E-state index in [4.69, 9.17) is 15.2 Å². The molecule has 1 unspecified atom stereocenters. The Morgan fingerprint density at radius 2 is 2.29 bits per heavy atom. The minimum atomic E-state index is -1.82. The van der Waals surface area contributed by atoms with Crippen molar-refractivity contribution in [1.82, 2.24) is 10.2 Å². The van der Waals surface area contributed by atoms with Crippen LogP contribution in [0.5, 0.6) is 0 Å². The molecular weight excluding hydrogens is 321 g/mol. The number of halogens is 1. The lowest BCUT2D eigenvalue weighted by molar-refractivity contribution is -0.173. The maximum Gasteiger partial charge on any atom is 0.325 e. The van der Waals surface area contributed by atoms with Crippen molar-refractivity contribution in [3.63, 3.8) is 0 Å². The van der Waals surface area contributed by atoms with Gasteiger partial charge >= 0.3 is 12.0 Å². The molecule has 2 rings (SSSR count). The molecule has 9 heteroatoms. The van der Waals surface area contributed by atoms with Gasteiger partial charge < -0.3 is 25.6 Å². The highest BCUT2D eigenvalue weighted by Gasteiger charge is 2.59. The lowest BCUT2D eigenvalue weighted by Crippen LogP contribution is -2.54. The van der Waals surface area contributed by atoms with E-state index in [1.807, 2.05) is 0 Å². The van der Waals surface area contributed by atoms with E-state index in [9.17, 15) is 14.7 Å². The number of nitrogens with two attached hydrogens (primary N) is 1. The van der Waals surface area contributed by atoms with Gasteiger partial charge in [-0.2, -0.15) is 0 Å². The van der Waals surface area contributed by atoms with Gasteiger partial charge in [0.25, 0.3) is 0 Å². The molecule has 2 heterocycles. The first-order chi connectivity index (χ1) is 11.3. The first-order valence-electron chi connectivity index (χ1n) is 7.91. The Balaban J connectivity index is 2.28. The van der Waals surface area contributed by atoms with Gasteiger partial charge in [0.2, 0.25) is 0 Å². The van der Waals surface area contributed by atoms with Gasteiger partial charge in [-0.3, -0.25) is 9.69 Å². The summed E-state index contributed by atoms with van der Waals surface area (Å²) >= 11 is 0. The fourth-order valence-electron chi connectivity index (χ4n) is 2.70. The monoisotopic (exact) mass is 345 g/mol. The Morgan fingerprint density at radius 1 is 1.62 bits per heavy atom. The number of aliphatic hydroxyl groups excluding tert-OH is 1. The molecule has 2 amide bonds. The Labute approximate surface area is 139 Å². The number of amides is 2. The van der Waals surface area contributed by atoms with E-state index in [-0.39, 0.29) is 6.42 Å². The van der Waals surface area contributed by atoms with E-state index < -0.39 is 54.8 Å². The maximum atomic E-state index is 15.0. The Bertz CT molecular complexity index is 523. The van der Waals surface area contributed by atoms with Crippen LogP contribution in [0.4, 0.5) is 9.18 Å². The van der Waals surface area contributed by atoms with Crippen LogP contribution < -0.4 is 11.1 Å². The zero-order chi connectivity index (χ0) is 18.1. The van der Waals surface area contributed by atoms with E-state index in [1.165, 1.54) is 12.3 Å². The third-order valence-electron chi connectivity index (χ3n) is 4.27. The molecule has 1 saturated heterocycles. The summed E-state index contributed by atoms with van der Waals surface area (Å²) in [5.41, 5.74) is 4.15. The maximum absolute atomic E-state index is 15.0. The van der Waals surface area contributed by atoms with Gasteiger partial charge in [0, 0.05) is 6.20 Å². The van der Waals surface area contributed by atoms with Gasteiger partial charge in [-0.05, 0) is 12.5 Å². The van der Waals surface area contributed by atoms with E-state index in [2.05, 4.69) is 5.32 Å². The molecule has 2 aliphatic rings. The van der Waals surface area contributed by atoms with E-state index >= 15 is 4.39 Å². The molecular formula is C15H24FN3O5. The second-order valence-electron chi connectivity index (χ2n) is 6.27. The predicted octanol–water partition coefficient (Wildman–Crippen LogP) is 0.213. The Hall–Kier alpha value is -1.71. The average molecular weight is 345 g/mol. The summed E-state index contributed by atoms with van der Waals surface area (Å²) in [6, 6.07) is -0.628. The molecule has 0 aromatic rings. The van der Waals surface area contributed by atoms with Crippen molar-refractivity contribution in [3.05, 3.63) is 12.3 Å². The SMILES string of the molecule is CC[C@]1(CO)O[C@@H](N2C=CC(N)NC2=O)[C@H](F)[C@@H]1OC(=O)C(C)C. The third kappa shape index (κ3) is 3.24. The number of hydrogen-bond donors (Lipinski definition) is 3. The number of rotatable bonds is 5. The summed E-state index contributed by atoms with van der Waals surface area (Å²) in [6.45, 7) is 4.38. The van der Waals surface area contributed by atoms with E-state index in [0.29, 0.717) is 0 Å². The molecule has 0 bridgehead atoms. The van der Waals surface area contributed by atoms with Crippen LogP contribution in [-0.2, 0) is 14.3 Å². The van der Waals surface area contributed by atoms with Crippen LogP contribution in [0, 0.1) is 5.92 Å². The van der Waals surface area contributed by atoms with Crippen molar-refractivity contribution < 1.29 is 28.6 Å². The molecule has 0 aromatic heterocycles. The summed E-state index contributed by atoms with van der Waals surface area (Å²) in [4.78, 5) is 24.9. The molecule has 0 saturated carbocycles. The van der Waals surface area contributed by atoms with Gasteiger partial charge in [-0.25, -0.2) is 9.18 Å². The van der Waals surface area contributed by atoms with Crippen LogP contribution in [0.1, 0.15) is 27.2 Å². The number of aliphatic hydroxyl groups is 1. The van der Waals surface area contributed by atoms with Crippen molar-refractivity contribution in [2.75, 3.05) is 6.61 Å². The molecule has 1 fully saturated rings. The van der Waals surface area contributed by atoms with Crippen LogP contribution in [0.2, 0.25) is 0 Å². The molecule has 0 aromatic carbocycles. The largest absolute Gasteiger partial charge is 0.456 e. The standard InChI is InChI=1S/C15H24FN3O5/c1-4-15(7-20)11(23-13(21)8(2)3)10(16)12(24-15)19-6-5-9(17)18-14(19)22/h5-6,8-12,20H,4,7,17H2,1-3H3,(H,18,22)/t9?,10-,11+,12-,15-/m1/s1. The zero-order valence-corrected chi connectivity index (χ0v) is 13.9. The number of carbonyl (C=O) groups is 2. The molecule has 8 nitrogen and oxygen atoms in total. The number of carbonyl (C=O) groups excluding carboxylic acids is 2. The number of alkyl halides is 1. The van der Waals surface area contributed by atoms with Gasteiger partial charge in [-0.15, -0.1) is 0 Å². The quantitative estimate of drug-likeness (QED) is 0.614. The Morgan fingerprint density at radius 3 is 2.79 bits per heavy atom. The number of ether oxygens (including phenoxy) is 2. The van der Waals surface area contributed by atoms with Gasteiger partial charge in [0.05, 0.1) is 18.7 Å². The van der Waals surface area contributed by atoms with Crippen LogP contribution in [0.3, 0.4) is 0 Å². The molecule has 5 atom stereocenters. The third-order valence-corrected chi connectivity index (χ3v) is 4.27. The molecule has 0 aliphatic carbocycles. The number of nitrogens with zero attached hydrogens (tertiary/aromatic N) is 1. The van der Waals surface area contributed by atoms with Crippen LogP contribution >= 0.6 is 0 Å². The highest BCUT2D eigenvalue weighted by molar-refractivity contribution is 5.77. The molecule has 24 heavy (non-hydrogen) atoms. The van der Waals surface area contributed by atoms with E-state index in [0.717, 1.165) is 4.90 Å². The number of esters is 1. The van der Waals surface area contributed by atoms with Crippen molar-refractivity contribution in [1.29, 1.82) is 0 Å². The fraction of sp³-hybridized carbons (Fsp3) is 0.733. The fourth-order valence-corrected chi connectivity index (χ4v) is 2.70. The average Bonchev–Trinajstić information content (AvgIpc) is 2.81. The topological polar surface area (TPSA) is 114 Å². The second kappa shape index (κ2) is 7.04. The predicted molar refractivity (Wildman–Crippen MR) is 82.1 cm³/mol. The Kier molecular flexibility index (Phi) is 5.46. The number of urea groups is 1. The smallest absolute Gasteiger partial charge is 0.325 e. The lowest BCUT2D eigenvalue weighted by Gasteiger charge is -2.32. The van der Waals surface area contributed by atoms with Crippen LogP contribution in [-0.4, -0.2) is 58.9 Å². The van der Waals surface area contributed by atoms with Gasteiger partial charge in [0.1, 0.15) is 5.60 Å². The number of nitrogens with one attached hydrogen (secondary N) is 1. The van der Waals surface area contributed by atoms with Crippen molar-refractivity contribution in [3.8, 4) is 0 Å². The minimum absolute atomic E-state index is 0.204. The van der Waals surface area contributed by atoms with Crippen molar-refractivity contribution in [2.45, 2.75) is 57.5 Å². The first kappa shape index (κ1) is 18.6. The normalized spacial score (nSPS) is 36.1. The second-order valence-corrected chi connectivity index (χ2v) is 6.27. The highest BCUT2D eigenvalue weighted by atomic mass is 19.1. The molecule has 136 valence electrons. The molecule has 0 radical (unpaired) electrons. The van der Waals surface area contributed by atoms with Crippen molar-refractivity contribution in [2.24, 2.45) is 11.7 Å². The molecule has 2 aliphatic heterocycles. The van der Waals surface area contributed by atoms with Crippen molar-refractivity contribution >= 4 is 12.0 Å². The molecule has 0 spiro atoms. The summed E-state index contributed by atoms with van der Waals surface area (Å²) in [7, 11) is 0. The lowest BCUT2D eigenvalue weighted by atomic mass is 9.93. The summed E-state index contributed by atoms with van der Waals surface area (Å²) in [5, 5.41) is 12.2. The highest BCUT2D eigenvalue weighted by Crippen LogP contribution is 2.39. The van der Waals surface area contributed by atoms with Gasteiger partial charge in [-0.1, -0.05) is 20.8 Å². The first-order valence-corrected chi connectivity index (χ1v) is 7.91.